The third kappa shape index (κ3) is 6.95. The van der Waals surface area contributed by atoms with Gasteiger partial charge in [-0.05, 0) is 43.2 Å². The highest BCUT2D eigenvalue weighted by molar-refractivity contribution is 7.89. The van der Waals surface area contributed by atoms with Crippen LogP contribution in [0.1, 0.15) is 12.8 Å². The third-order valence-electron chi connectivity index (χ3n) is 3.72. The minimum absolute atomic E-state index is 0.0321. The highest BCUT2D eigenvalue weighted by Gasteiger charge is 2.25. The van der Waals surface area contributed by atoms with Gasteiger partial charge in [0.2, 0.25) is 17.3 Å². The fourth-order valence-electron chi connectivity index (χ4n) is 2.28. The molecule has 1 amide bonds. The van der Waals surface area contributed by atoms with E-state index >= 15 is 0 Å². The summed E-state index contributed by atoms with van der Waals surface area (Å²) < 4.78 is 52.4. The number of aromatic nitrogens is 1. The van der Waals surface area contributed by atoms with E-state index in [1.54, 1.807) is 5.48 Å². The van der Waals surface area contributed by atoms with Crippen LogP contribution in [0.15, 0.2) is 52.5 Å². The Morgan fingerprint density at radius 3 is 2.63 bits per heavy atom. The minimum atomic E-state index is -4.15. The number of hydrogen-bond donors (Lipinski definition) is 5. The van der Waals surface area contributed by atoms with E-state index in [9.17, 15) is 17.6 Å². The zero-order valence-electron chi connectivity index (χ0n) is 16.6. The molecule has 0 aliphatic heterocycles. The Kier molecular flexibility index (Phi) is 7.48. The van der Waals surface area contributed by atoms with Gasteiger partial charge in [-0.15, -0.1) is 0 Å². The maximum Gasteiger partial charge on any atom is 0.261 e. The van der Waals surface area contributed by atoms with E-state index in [2.05, 4.69) is 19.9 Å². The summed E-state index contributed by atoms with van der Waals surface area (Å²) in [5.41, 5.74) is 12.2. The van der Waals surface area contributed by atoms with Gasteiger partial charge in [0.05, 0.1) is 6.20 Å². The number of nitrogens with two attached hydrogens (primary N) is 2. The van der Waals surface area contributed by atoms with Crippen molar-refractivity contribution in [3.63, 3.8) is 0 Å². The van der Waals surface area contributed by atoms with Crippen molar-refractivity contribution in [2.24, 2.45) is 16.5 Å². The van der Waals surface area contributed by atoms with Gasteiger partial charge < -0.3 is 16.2 Å². The first kappa shape index (κ1) is 21.4. The second-order valence-electron chi connectivity index (χ2n) is 5.98. The Labute approximate surface area is 173 Å². The number of nitrogens with zero attached hydrogens (tertiary/aromatic N) is 2. The number of hydroxylamine groups is 1. The first-order chi connectivity index (χ1) is 14.7. The van der Waals surface area contributed by atoms with Crippen LogP contribution in [0, 0.1) is 5.82 Å². The fraction of sp³-hybridized carbons (Fsp3) is 0.235. The predicted octanol–water partition coefficient (Wildman–Crippen LogP) is 0.219. The number of halogens is 1. The number of amides is 1. The van der Waals surface area contributed by atoms with Crippen LogP contribution in [0.3, 0.4) is 0 Å². The number of ether oxygens (including phenoxy) is 1. The van der Waals surface area contributed by atoms with Gasteiger partial charge in [0, 0.05) is 12.6 Å². The van der Waals surface area contributed by atoms with Gasteiger partial charge in [-0.1, -0.05) is 0 Å². The van der Waals surface area contributed by atoms with Crippen molar-refractivity contribution in [2.75, 3.05) is 6.54 Å². The quantitative estimate of drug-likeness (QED) is 0.108. The van der Waals surface area contributed by atoms with E-state index in [1.807, 2.05) is 0 Å². The average molecular weight is 441 g/mol. The van der Waals surface area contributed by atoms with Crippen molar-refractivity contribution in [1.82, 2.24) is 15.2 Å². The zero-order chi connectivity index (χ0) is 22.9. The zero-order valence-corrected chi connectivity index (χ0v) is 16.4. The lowest BCUT2D eigenvalue weighted by atomic mass is 10.1. The molecule has 11 nitrogen and oxygen atoms in total. The summed E-state index contributed by atoms with van der Waals surface area (Å²) in [7, 11) is -4.15. The van der Waals surface area contributed by atoms with Crippen molar-refractivity contribution >= 4 is 21.9 Å². The minimum Gasteiger partial charge on any atom is -0.439 e. The van der Waals surface area contributed by atoms with E-state index in [0.717, 1.165) is 6.20 Å². The normalized spacial score (nSPS) is 12.5. The topological polar surface area (TPSA) is 182 Å². The summed E-state index contributed by atoms with van der Waals surface area (Å²) in [6.07, 6.45) is 1.35. The van der Waals surface area contributed by atoms with E-state index in [-0.39, 0.29) is 36.1 Å². The number of sulfonamides is 1. The van der Waals surface area contributed by atoms with E-state index < -0.39 is 27.8 Å². The molecule has 0 saturated heterocycles. The number of carbonyl (C=O) groups excluding carboxylic acids is 1. The molecule has 0 aliphatic rings. The Morgan fingerprint density at radius 1 is 1.30 bits per heavy atom. The number of guanidine groups is 1. The highest BCUT2D eigenvalue weighted by Crippen LogP contribution is 2.21. The van der Waals surface area contributed by atoms with Gasteiger partial charge in [-0.3, -0.25) is 15.0 Å². The van der Waals surface area contributed by atoms with E-state index in [0.29, 0.717) is 5.75 Å². The Morgan fingerprint density at radius 2 is 2.03 bits per heavy atom. The number of benzene rings is 1. The number of carbonyl (C=O) groups is 1. The first-order valence-electron chi connectivity index (χ1n) is 9.01. The van der Waals surface area contributed by atoms with Gasteiger partial charge in [0.25, 0.3) is 5.91 Å². The molecule has 1 heterocycles. The lowest BCUT2D eigenvalue weighted by Gasteiger charge is -2.16. The third-order valence-corrected chi connectivity index (χ3v) is 5.17. The Balaban J connectivity index is 2.08. The van der Waals surface area contributed by atoms with Crippen LogP contribution in [0.4, 0.5) is 4.39 Å². The largest absolute Gasteiger partial charge is 0.439 e. The molecule has 2 aromatic rings. The molecule has 1 aromatic carbocycles. The molecule has 2 rings (SSSR count). The molecule has 0 aliphatic carbocycles. The number of rotatable bonds is 11. The maximum atomic E-state index is 12.9. The molecule has 0 fully saturated rings. The maximum absolute atomic E-state index is 12.9. The van der Waals surface area contributed by atoms with Crippen LogP contribution >= 0.6 is 0 Å². The van der Waals surface area contributed by atoms with E-state index in [1.165, 1.54) is 36.4 Å². The van der Waals surface area contributed by atoms with Crippen LogP contribution in [0.5, 0.6) is 11.6 Å². The molecule has 0 spiro atoms. The van der Waals surface area contributed by atoms with Crippen molar-refractivity contribution < 1.29 is 29.0 Å². The predicted molar refractivity (Wildman–Crippen MR) is 105 cm³/mol. The molecule has 13 heteroatoms. The summed E-state index contributed by atoms with van der Waals surface area (Å²) in [5, 5.41) is 3.82. The number of pyridine rings is 1. The first-order valence-corrected chi connectivity index (χ1v) is 10.1. The van der Waals surface area contributed by atoms with Gasteiger partial charge >= 0.3 is 0 Å². The van der Waals surface area contributed by atoms with Crippen molar-refractivity contribution in [1.29, 1.82) is 0 Å². The van der Waals surface area contributed by atoms with Gasteiger partial charge in [0.15, 0.2) is 5.96 Å². The van der Waals surface area contributed by atoms with Crippen molar-refractivity contribution in [2.45, 2.75) is 23.8 Å². The lowest BCUT2D eigenvalue weighted by Crippen LogP contribution is -2.45. The lowest BCUT2D eigenvalue weighted by molar-refractivity contribution is -0.131. The number of aliphatic imine (C=N–C) groups is 1. The smallest absolute Gasteiger partial charge is 0.261 e. The van der Waals surface area contributed by atoms with Gasteiger partial charge in [-0.2, -0.15) is 4.72 Å². The molecule has 162 valence electrons. The fourth-order valence-corrected chi connectivity index (χ4v) is 3.46. The van der Waals surface area contributed by atoms with Crippen LogP contribution < -0.4 is 26.4 Å². The second kappa shape index (κ2) is 10.5. The Bertz CT molecular complexity index is 1000. The number of nitrogens with one attached hydrogen (secondary N) is 2. The molecule has 0 radical (unpaired) electrons. The summed E-state index contributed by atoms with van der Waals surface area (Å²) in [4.78, 5) is 19.5. The molecule has 7 N–H and O–H groups in total. The molecule has 1 aromatic heterocycles. The Hall–Kier alpha value is -3.29. The van der Waals surface area contributed by atoms with Crippen LogP contribution in [-0.2, 0) is 14.8 Å². The summed E-state index contributed by atoms with van der Waals surface area (Å²) in [5.74, 6) is -1.03. The van der Waals surface area contributed by atoms with Gasteiger partial charge in [0.1, 0.15) is 22.5 Å². The molecule has 0 saturated carbocycles. The average Bonchev–Trinajstić information content (AvgIpc) is 2.72. The molecule has 0 unspecified atom stereocenters. The molecular weight excluding hydrogens is 419 g/mol. The van der Waals surface area contributed by atoms with Crippen LogP contribution in [0.2, 0.25) is 1.43 Å². The second-order valence-corrected chi connectivity index (χ2v) is 7.69. The monoisotopic (exact) mass is 441 g/mol. The van der Waals surface area contributed by atoms with Crippen LogP contribution in [-0.4, -0.2) is 43.1 Å². The SMILES string of the molecule is [2H]ONC(=O)[C@H](CCCN=C(N)N)NS(=O)(=O)c1ccc(Oc2ccc(F)cc2)nc1. The number of hydrogen-bond acceptors (Lipinski definition) is 7. The standard InChI is InChI=1S/C17H21FN6O5S/c18-11-3-5-12(6-4-11)29-15-8-7-13(10-22-15)30(27,28)24-14(16(25)23-26)2-1-9-21-17(19)20/h3-8,10,14,24,26H,1-2,9H2,(H,23,25)(H4,19,20,21)/t14-/m0/s1/i/hD. The van der Waals surface area contributed by atoms with Crippen molar-refractivity contribution in [3.8, 4) is 11.6 Å². The van der Waals surface area contributed by atoms with Crippen molar-refractivity contribution in [3.05, 3.63) is 48.4 Å². The molecule has 0 bridgehead atoms. The van der Waals surface area contributed by atoms with Crippen LogP contribution in [0.25, 0.3) is 0 Å². The molecule has 30 heavy (non-hydrogen) atoms. The van der Waals surface area contributed by atoms with E-state index in [4.69, 9.17) is 17.6 Å². The molecule has 1 atom stereocenters. The molecular formula is C17H21FN6O5S. The summed E-state index contributed by atoms with van der Waals surface area (Å²) in [6, 6.07) is 6.47. The van der Waals surface area contributed by atoms with Gasteiger partial charge in [-0.25, -0.2) is 23.3 Å². The highest BCUT2D eigenvalue weighted by atomic mass is 32.2. The summed E-state index contributed by atoms with van der Waals surface area (Å²) in [6.45, 7) is 0.173. The summed E-state index contributed by atoms with van der Waals surface area (Å²) >= 11 is 0.